The Morgan fingerprint density at radius 1 is 1.54 bits per heavy atom. The molecule has 0 aromatic carbocycles. The number of ether oxygens (including phenoxy) is 2. The average Bonchev–Trinajstić information content (AvgIpc) is 3.17. The largest absolute Gasteiger partial charge is 0.469 e. The molecule has 142 valence electrons. The highest BCUT2D eigenvalue weighted by atomic mass is 16.6. The highest BCUT2D eigenvalue weighted by Gasteiger charge is 2.84. The van der Waals surface area contributed by atoms with Gasteiger partial charge in [-0.3, -0.25) is 9.59 Å². The fourth-order valence-corrected chi connectivity index (χ4v) is 7.13. The lowest BCUT2D eigenvalue weighted by molar-refractivity contribution is -0.165. The average molecular weight is 366 g/mol. The van der Waals surface area contributed by atoms with Crippen LogP contribution in [0.25, 0.3) is 0 Å². The third-order valence-electron chi connectivity index (χ3n) is 8.18. The lowest BCUT2D eigenvalue weighted by Crippen LogP contribution is -2.53. The number of fused-ring (bicyclic) bond motifs is 1. The zero-order chi connectivity index (χ0) is 22.0. The van der Waals surface area contributed by atoms with Crippen molar-refractivity contribution in [1.29, 1.82) is 0 Å². The van der Waals surface area contributed by atoms with E-state index in [2.05, 4.69) is 0 Å². The maximum atomic E-state index is 13.2. The summed E-state index contributed by atoms with van der Waals surface area (Å²) in [6.07, 6.45) is -3.25. The van der Waals surface area contributed by atoms with E-state index in [0.29, 0.717) is 6.42 Å². The molecule has 2 N–H and O–H groups in total. The minimum absolute atomic E-state index is 0.105. The molecule has 0 radical (unpaired) electrons. The van der Waals surface area contributed by atoms with Gasteiger partial charge >= 0.3 is 11.9 Å². The Labute approximate surface area is 158 Å². The first-order valence-corrected chi connectivity index (χ1v) is 9.15. The first kappa shape index (κ1) is 12.9. The van der Waals surface area contributed by atoms with Crippen LogP contribution in [0, 0.1) is 28.6 Å². The Morgan fingerprint density at radius 3 is 3.00 bits per heavy atom. The molecule has 1 heterocycles. The van der Waals surface area contributed by atoms with Gasteiger partial charge < -0.3 is 19.7 Å². The van der Waals surface area contributed by atoms with Crippen molar-refractivity contribution in [2.24, 2.45) is 28.6 Å². The molecule has 0 aromatic heterocycles. The Kier molecular flexibility index (Phi) is 2.24. The number of hydrogen-bond donors (Lipinski definition) is 2. The fraction of sp³-hybridized carbons (Fsp3) is 0.800. The molecule has 5 rings (SSSR count). The van der Waals surface area contributed by atoms with E-state index in [1.807, 2.05) is 0 Å². The summed E-state index contributed by atoms with van der Waals surface area (Å²) in [5, 5.41) is 22.2. The molecule has 4 saturated carbocycles. The summed E-state index contributed by atoms with van der Waals surface area (Å²) in [6.45, 7) is 1.02. The number of methoxy groups -OCH3 is 1. The van der Waals surface area contributed by atoms with Crippen LogP contribution in [0.1, 0.15) is 50.9 Å². The lowest BCUT2D eigenvalue weighted by Gasteiger charge is -2.45. The quantitative estimate of drug-likeness (QED) is 0.537. The number of rotatable bonds is 1. The highest BCUT2D eigenvalue weighted by molar-refractivity contribution is 5.85. The maximum Gasteiger partial charge on any atom is 0.315 e. The van der Waals surface area contributed by atoms with Gasteiger partial charge in [0.1, 0.15) is 5.60 Å². The van der Waals surface area contributed by atoms with Crippen LogP contribution in [-0.2, 0) is 19.1 Å². The third-order valence-corrected chi connectivity index (χ3v) is 8.18. The van der Waals surface area contributed by atoms with Gasteiger partial charge in [0.15, 0.2) is 0 Å². The zero-order valence-electron chi connectivity index (χ0n) is 18.8. The predicted molar refractivity (Wildman–Crippen MR) is 89.6 cm³/mol. The van der Waals surface area contributed by atoms with E-state index >= 15 is 0 Å². The van der Waals surface area contributed by atoms with Gasteiger partial charge in [-0.25, -0.2) is 0 Å². The molecule has 5 aliphatic rings. The molecule has 0 unspecified atom stereocenters. The van der Waals surface area contributed by atoms with E-state index in [1.54, 1.807) is 0 Å². The van der Waals surface area contributed by atoms with Crippen LogP contribution in [0.3, 0.4) is 0 Å². The molecule has 6 nitrogen and oxygen atoms in total. The molecule has 10 atom stereocenters. The highest BCUT2D eigenvalue weighted by Crippen LogP contribution is 2.78. The SMILES string of the molecule is [2H]C([2H])=C1C[C@]23C[C@@]1(O)CC[C@H]2[C@@]12OC(=O)[C@](C)([C@H]1[C@@H]3C(=O)OC)[C@@H](O)[C@H]([2H])[C@H]2[2H]. The van der Waals surface area contributed by atoms with Crippen LogP contribution in [0.15, 0.2) is 12.1 Å². The van der Waals surface area contributed by atoms with Crippen molar-refractivity contribution >= 4 is 11.9 Å². The van der Waals surface area contributed by atoms with Gasteiger partial charge in [0.25, 0.3) is 0 Å². The molecular formula is C20H26O6. The van der Waals surface area contributed by atoms with Gasteiger partial charge in [0, 0.05) is 14.6 Å². The second-order valence-corrected chi connectivity index (χ2v) is 9.00. The fourth-order valence-electron chi connectivity index (χ4n) is 7.13. The van der Waals surface area contributed by atoms with Crippen LogP contribution in [0.2, 0.25) is 0 Å². The monoisotopic (exact) mass is 366 g/mol. The van der Waals surface area contributed by atoms with Gasteiger partial charge in [-0.1, -0.05) is 6.53 Å². The Balaban J connectivity index is 1.80. The zero-order valence-corrected chi connectivity index (χ0v) is 14.8. The summed E-state index contributed by atoms with van der Waals surface area (Å²) in [7, 11) is 1.23. The summed E-state index contributed by atoms with van der Waals surface area (Å²) in [5.41, 5.74) is -5.10. The van der Waals surface area contributed by atoms with Crippen LogP contribution < -0.4 is 0 Å². The second kappa shape index (κ2) is 4.53. The number of esters is 2. The third kappa shape index (κ3) is 1.47. The van der Waals surface area contributed by atoms with Gasteiger partial charge in [0.2, 0.25) is 0 Å². The Hall–Kier alpha value is -1.40. The molecular weight excluding hydrogens is 336 g/mol. The van der Waals surface area contributed by atoms with Crippen molar-refractivity contribution in [3.8, 4) is 0 Å². The number of carbonyl (C=O) groups excluding carboxylic acids is 2. The molecule has 6 heteroatoms. The van der Waals surface area contributed by atoms with Crippen molar-refractivity contribution in [2.45, 2.75) is 62.7 Å². The van der Waals surface area contributed by atoms with Crippen molar-refractivity contribution in [1.82, 2.24) is 0 Å². The van der Waals surface area contributed by atoms with Gasteiger partial charge in [-0.15, -0.1) is 0 Å². The van der Waals surface area contributed by atoms with Crippen molar-refractivity contribution in [3.05, 3.63) is 12.1 Å². The van der Waals surface area contributed by atoms with Crippen LogP contribution in [-0.4, -0.2) is 46.6 Å². The van der Waals surface area contributed by atoms with Gasteiger partial charge in [-0.05, 0) is 56.4 Å². The smallest absolute Gasteiger partial charge is 0.315 e. The number of aliphatic hydroxyl groups excluding tert-OH is 1. The molecule has 0 amide bonds. The lowest BCUT2D eigenvalue weighted by atomic mass is 9.59. The minimum atomic E-state index is -1.55. The molecule has 0 aromatic rings. The molecule has 1 aliphatic heterocycles. The van der Waals surface area contributed by atoms with E-state index in [1.165, 1.54) is 14.0 Å². The van der Waals surface area contributed by atoms with Crippen LogP contribution in [0.5, 0.6) is 0 Å². The number of hydrogen-bond acceptors (Lipinski definition) is 6. The molecule has 26 heavy (non-hydrogen) atoms. The van der Waals surface area contributed by atoms with E-state index in [-0.39, 0.29) is 24.8 Å². The van der Waals surface area contributed by atoms with Gasteiger partial charge in [0.05, 0.1) is 32.9 Å². The molecule has 1 saturated heterocycles. The summed E-state index contributed by atoms with van der Waals surface area (Å²) in [4.78, 5) is 26.2. The number of carbonyl (C=O) groups is 2. The summed E-state index contributed by atoms with van der Waals surface area (Å²) < 4.78 is 44.1. The van der Waals surface area contributed by atoms with E-state index in [9.17, 15) is 19.8 Å². The van der Waals surface area contributed by atoms with E-state index in [4.69, 9.17) is 15.0 Å². The van der Waals surface area contributed by atoms with E-state index in [0.717, 1.165) is 0 Å². The topological polar surface area (TPSA) is 93.1 Å². The summed E-state index contributed by atoms with van der Waals surface area (Å²) in [6, 6.07) is 0. The molecule has 1 spiro atoms. The first-order chi connectivity index (χ1) is 13.9. The molecule has 4 bridgehead atoms. The predicted octanol–water partition coefficient (Wildman–Crippen LogP) is 1.34. The normalized spacial score (nSPS) is 64.5. The van der Waals surface area contributed by atoms with Crippen LogP contribution >= 0.6 is 0 Å². The molecule has 5 fully saturated rings. The minimum Gasteiger partial charge on any atom is -0.469 e. The standard InChI is InChI=1S/C20H26O6/c1-10-8-18-9-19(10,24)6-4-11(18)20-7-5-12(21)17(2,16(23)26-20)14(20)13(18)15(22)25-3/h11-14,21,24H,1,4-9H2,2-3H3/t11-,12+,13-,14-,17+,18+,19+,20-/m1/s1/i1D2,5D,7D/t5-,7-,11-,12+,13-,14-,17+,18+,19+,20-. The Morgan fingerprint density at radius 2 is 2.31 bits per heavy atom. The summed E-state index contributed by atoms with van der Waals surface area (Å²) in [5.74, 6) is -3.66. The second-order valence-electron chi connectivity index (χ2n) is 9.00. The summed E-state index contributed by atoms with van der Waals surface area (Å²) >= 11 is 0. The van der Waals surface area contributed by atoms with Crippen LogP contribution in [0.4, 0.5) is 0 Å². The van der Waals surface area contributed by atoms with Crippen molar-refractivity contribution < 1.29 is 34.8 Å². The maximum absolute atomic E-state index is 13.2. The first-order valence-electron chi connectivity index (χ1n) is 11.3. The van der Waals surface area contributed by atoms with Crippen molar-refractivity contribution in [3.63, 3.8) is 0 Å². The molecule has 4 aliphatic carbocycles. The number of aliphatic hydroxyl groups is 2. The van der Waals surface area contributed by atoms with Gasteiger partial charge in [-0.2, -0.15) is 0 Å². The van der Waals surface area contributed by atoms with Crippen molar-refractivity contribution in [2.75, 3.05) is 7.11 Å². The Bertz CT molecular complexity index is 891. The van der Waals surface area contributed by atoms with E-state index < -0.39 is 77.2 Å².